The van der Waals surface area contributed by atoms with Crippen LogP contribution in [0, 0.1) is 5.92 Å². The van der Waals surface area contributed by atoms with E-state index in [9.17, 15) is 0 Å². The van der Waals surface area contributed by atoms with Crippen molar-refractivity contribution in [3.8, 4) is 0 Å². The maximum absolute atomic E-state index is 2.71. The minimum Gasteiger partial charge on any atom is -0.306 e. The molecule has 2 aliphatic heterocycles. The van der Waals surface area contributed by atoms with E-state index in [4.69, 9.17) is 0 Å². The van der Waals surface area contributed by atoms with E-state index in [-0.39, 0.29) is 0 Å². The molecule has 106 valence electrons. The van der Waals surface area contributed by atoms with Crippen molar-refractivity contribution in [2.45, 2.75) is 32.6 Å². The Bertz CT molecular complexity index is 216. The van der Waals surface area contributed by atoms with Gasteiger partial charge in [0, 0.05) is 32.7 Å². The topological polar surface area (TPSA) is 9.72 Å². The van der Waals surface area contributed by atoms with Crippen LogP contribution in [0.25, 0.3) is 0 Å². The number of unbranched alkanes of at least 4 members (excludes halogenated alkanes) is 1. The van der Waals surface area contributed by atoms with Crippen LogP contribution in [-0.4, -0.2) is 74.1 Å². The minimum absolute atomic E-state index is 0.961. The molecule has 0 aromatic rings. The van der Waals surface area contributed by atoms with E-state index in [1.54, 1.807) is 0 Å². The van der Waals surface area contributed by atoms with Crippen LogP contribution >= 0.6 is 0 Å². The molecule has 2 saturated heterocycles. The maximum Gasteiger partial charge on any atom is 0.0110 e. The number of hydrogen-bond donors (Lipinski definition) is 0. The largest absolute Gasteiger partial charge is 0.306 e. The van der Waals surface area contributed by atoms with Crippen molar-refractivity contribution in [2.24, 2.45) is 5.92 Å². The predicted molar refractivity (Wildman–Crippen MR) is 78.0 cm³/mol. The zero-order chi connectivity index (χ0) is 12.8. The molecule has 0 atom stereocenters. The van der Waals surface area contributed by atoms with Crippen molar-refractivity contribution >= 4 is 0 Å². The first-order valence-electron chi connectivity index (χ1n) is 7.91. The van der Waals surface area contributed by atoms with Gasteiger partial charge in [0.1, 0.15) is 0 Å². The van der Waals surface area contributed by atoms with Crippen LogP contribution in [0.2, 0.25) is 0 Å². The van der Waals surface area contributed by atoms with E-state index < -0.39 is 0 Å². The van der Waals surface area contributed by atoms with Gasteiger partial charge in [0.05, 0.1) is 0 Å². The summed E-state index contributed by atoms with van der Waals surface area (Å²) < 4.78 is 0. The number of piperidine rings is 1. The predicted octanol–water partition coefficient (Wildman–Crippen LogP) is 1.75. The molecule has 0 unspecified atom stereocenters. The van der Waals surface area contributed by atoms with E-state index in [1.807, 2.05) is 0 Å². The zero-order valence-corrected chi connectivity index (χ0v) is 12.4. The molecule has 0 N–H and O–H groups in total. The van der Waals surface area contributed by atoms with Gasteiger partial charge in [0.15, 0.2) is 0 Å². The van der Waals surface area contributed by atoms with Gasteiger partial charge in [0.2, 0.25) is 0 Å². The second-order valence-corrected chi connectivity index (χ2v) is 6.24. The van der Waals surface area contributed by atoms with E-state index in [2.05, 4.69) is 28.7 Å². The van der Waals surface area contributed by atoms with Crippen molar-refractivity contribution in [2.75, 3.05) is 59.4 Å². The normalized spacial score (nSPS) is 25.7. The van der Waals surface area contributed by atoms with Gasteiger partial charge in [-0.3, -0.25) is 0 Å². The van der Waals surface area contributed by atoms with E-state index in [1.165, 1.54) is 78.0 Å². The van der Waals surface area contributed by atoms with Crippen molar-refractivity contribution in [1.82, 2.24) is 14.7 Å². The molecule has 2 fully saturated rings. The Morgan fingerprint density at radius 3 is 2.11 bits per heavy atom. The summed E-state index contributed by atoms with van der Waals surface area (Å²) in [6.07, 6.45) is 5.52. The fourth-order valence-corrected chi connectivity index (χ4v) is 3.19. The maximum atomic E-state index is 2.71. The summed E-state index contributed by atoms with van der Waals surface area (Å²) in [5.41, 5.74) is 0. The van der Waals surface area contributed by atoms with Gasteiger partial charge in [-0.15, -0.1) is 0 Å². The van der Waals surface area contributed by atoms with E-state index in [0.717, 1.165) is 5.92 Å². The molecule has 0 aromatic carbocycles. The lowest BCUT2D eigenvalue weighted by molar-refractivity contribution is 0.0992. The summed E-state index contributed by atoms with van der Waals surface area (Å²) in [6.45, 7) is 12.8. The molecular formula is C15H31N3. The number of likely N-dealkylation sites (tertiary alicyclic amines) is 1. The quantitative estimate of drug-likeness (QED) is 0.739. The highest BCUT2D eigenvalue weighted by molar-refractivity contribution is 4.77. The smallest absolute Gasteiger partial charge is 0.0110 e. The summed E-state index contributed by atoms with van der Waals surface area (Å²) >= 11 is 0. The molecule has 0 radical (unpaired) electrons. The molecule has 0 aromatic heterocycles. The zero-order valence-electron chi connectivity index (χ0n) is 12.4. The highest BCUT2D eigenvalue weighted by atomic mass is 15.3. The standard InChI is InChI=1S/C15H31N3/c1-3-4-7-17-10-12-18(13-11-17)14-15-5-8-16(2)9-6-15/h15H,3-14H2,1-2H3. The van der Waals surface area contributed by atoms with Gasteiger partial charge in [-0.2, -0.15) is 0 Å². The fourth-order valence-electron chi connectivity index (χ4n) is 3.19. The lowest BCUT2D eigenvalue weighted by Crippen LogP contribution is -2.48. The summed E-state index contributed by atoms with van der Waals surface area (Å²) in [5, 5.41) is 0. The molecule has 2 aliphatic rings. The van der Waals surface area contributed by atoms with Crippen molar-refractivity contribution in [1.29, 1.82) is 0 Å². The average molecular weight is 253 g/mol. The first-order valence-corrected chi connectivity index (χ1v) is 7.91. The molecule has 2 heterocycles. The number of hydrogen-bond acceptors (Lipinski definition) is 3. The van der Waals surface area contributed by atoms with Gasteiger partial charge in [-0.25, -0.2) is 0 Å². The molecule has 18 heavy (non-hydrogen) atoms. The summed E-state index contributed by atoms with van der Waals surface area (Å²) in [6, 6.07) is 0. The lowest BCUT2D eigenvalue weighted by Gasteiger charge is -2.38. The van der Waals surface area contributed by atoms with Crippen LogP contribution in [-0.2, 0) is 0 Å². The monoisotopic (exact) mass is 253 g/mol. The molecule has 0 aliphatic carbocycles. The van der Waals surface area contributed by atoms with E-state index in [0.29, 0.717) is 0 Å². The van der Waals surface area contributed by atoms with Crippen molar-refractivity contribution in [3.63, 3.8) is 0 Å². The van der Waals surface area contributed by atoms with Crippen molar-refractivity contribution in [3.05, 3.63) is 0 Å². The number of rotatable bonds is 5. The highest BCUT2D eigenvalue weighted by Gasteiger charge is 2.22. The van der Waals surface area contributed by atoms with Gasteiger partial charge in [-0.1, -0.05) is 13.3 Å². The first-order chi connectivity index (χ1) is 8.78. The Morgan fingerprint density at radius 2 is 1.50 bits per heavy atom. The van der Waals surface area contributed by atoms with Crippen LogP contribution in [0.5, 0.6) is 0 Å². The van der Waals surface area contributed by atoms with E-state index >= 15 is 0 Å². The van der Waals surface area contributed by atoms with Gasteiger partial charge in [0.25, 0.3) is 0 Å². The highest BCUT2D eigenvalue weighted by Crippen LogP contribution is 2.18. The van der Waals surface area contributed by atoms with Crippen LogP contribution in [0.15, 0.2) is 0 Å². The summed E-state index contributed by atoms with van der Waals surface area (Å²) in [5.74, 6) is 0.961. The molecule has 2 rings (SSSR count). The summed E-state index contributed by atoms with van der Waals surface area (Å²) in [7, 11) is 2.25. The van der Waals surface area contributed by atoms with Crippen LogP contribution < -0.4 is 0 Å². The number of nitrogens with zero attached hydrogens (tertiary/aromatic N) is 3. The summed E-state index contributed by atoms with van der Waals surface area (Å²) in [4.78, 5) is 7.83. The molecule has 0 spiro atoms. The Morgan fingerprint density at radius 1 is 0.889 bits per heavy atom. The Balaban J connectivity index is 1.61. The average Bonchev–Trinajstić information content (AvgIpc) is 2.41. The third-order valence-electron chi connectivity index (χ3n) is 4.65. The number of piperazine rings is 1. The molecule has 0 bridgehead atoms. The second-order valence-electron chi connectivity index (χ2n) is 6.24. The van der Waals surface area contributed by atoms with Gasteiger partial charge >= 0.3 is 0 Å². The van der Waals surface area contributed by atoms with Crippen LogP contribution in [0.3, 0.4) is 0 Å². The SMILES string of the molecule is CCCCN1CCN(CC2CCN(C)CC2)CC1. The molecule has 3 heteroatoms. The van der Waals surface area contributed by atoms with Crippen molar-refractivity contribution < 1.29 is 0 Å². The Hall–Kier alpha value is -0.120. The van der Waals surface area contributed by atoms with Gasteiger partial charge < -0.3 is 14.7 Å². The molecule has 0 amide bonds. The second kappa shape index (κ2) is 7.46. The minimum atomic E-state index is 0.961. The first kappa shape index (κ1) is 14.3. The third kappa shape index (κ3) is 4.52. The Kier molecular flexibility index (Phi) is 5.93. The third-order valence-corrected chi connectivity index (χ3v) is 4.65. The fraction of sp³-hybridized carbons (Fsp3) is 1.00. The van der Waals surface area contributed by atoms with Crippen LogP contribution in [0.4, 0.5) is 0 Å². The molecular weight excluding hydrogens is 222 g/mol. The molecule has 3 nitrogen and oxygen atoms in total. The lowest BCUT2D eigenvalue weighted by atomic mass is 9.96. The van der Waals surface area contributed by atoms with Gasteiger partial charge in [-0.05, 0) is 51.9 Å². The molecule has 0 saturated carbocycles. The van der Waals surface area contributed by atoms with Crippen LogP contribution in [0.1, 0.15) is 32.6 Å². The Labute approximate surface area is 113 Å².